The number of carboxylic acid groups (broad SMARTS) is 1. The van der Waals surface area contributed by atoms with E-state index in [-0.39, 0.29) is 0 Å². The first-order chi connectivity index (χ1) is 9.11. The fraction of sp³-hybridized carbons (Fsp3) is 0.533. The Hall–Kier alpha value is -1.16. The summed E-state index contributed by atoms with van der Waals surface area (Å²) in [6.07, 6.45) is 3.78. The molecule has 1 atom stereocenters. The molecule has 1 fully saturated rings. The van der Waals surface area contributed by atoms with Crippen molar-refractivity contribution in [2.45, 2.75) is 44.0 Å². The maximum Gasteiger partial charge on any atom is 0.338 e. The van der Waals surface area contributed by atoms with E-state index in [0.29, 0.717) is 11.6 Å². The highest BCUT2D eigenvalue weighted by Crippen LogP contribution is 2.35. The van der Waals surface area contributed by atoms with Gasteiger partial charge in [-0.25, -0.2) is 4.79 Å². The third kappa shape index (κ3) is 3.90. The number of hydrogen-bond donors (Lipinski definition) is 2. The van der Waals surface area contributed by atoms with Crippen molar-refractivity contribution in [3.8, 4) is 0 Å². The quantitative estimate of drug-likeness (QED) is 0.738. The minimum absolute atomic E-state index is 0.326. The number of benzene rings is 1. The van der Waals surface area contributed by atoms with Gasteiger partial charge in [0.1, 0.15) is 0 Å². The van der Waals surface area contributed by atoms with Gasteiger partial charge in [-0.15, -0.1) is 11.8 Å². The van der Waals surface area contributed by atoms with Gasteiger partial charge in [-0.05, 0) is 37.1 Å². The molecule has 1 aromatic rings. The maximum absolute atomic E-state index is 11.5. The molecule has 1 aliphatic rings. The Balaban J connectivity index is 2.17. The number of hydrogen-bond acceptors (Lipinski definition) is 3. The first-order valence-corrected chi connectivity index (χ1v) is 7.86. The number of aromatic carboxylic acids is 1. The molecule has 104 valence electrons. The van der Waals surface area contributed by atoms with Crippen molar-refractivity contribution < 1.29 is 9.90 Å². The van der Waals surface area contributed by atoms with E-state index >= 15 is 0 Å². The van der Waals surface area contributed by atoms with E-state index in [2.05, 4.69) is 12.2 Å². The van der Waals surface area contributed by atoms with Crippen LogP contribution in [0, 0.1) is 5.92 Å². The minimum atomic E-state index is -0.849. The van der Waals surface area contributed by atoms with Crippen LogP contribution >= 0.6 is 11.8 Å². The van der Waals surface area contributed by atoms with Crippen molar-refractivity contribution in [3.63, 3.8) is 0 Å². The molecule has 1 saturated carbocycles. The molecule has 0 radical (unpaired) electrons. The van der Waals surface area contributed by atoms with E-state index in [4.69, 9.17) is 0 Å². The zero-order chi connectivity index (χ0) is 13.8. The molecule has 4 heteroatoms. The average Bonchev–Trinajstić information content (AvgIpc) is 3.13. The molecule has 1 aromatic carbocycles. The average molecular weight is 279 g/mol. The van der Waals surface area contributed by atoms with Crippen LogP contribution in [0.25, 0.3) is 0 Å². The van der Waals surface area contributed by atoms with Gasteiger partial charge in [-0.3, -0.25) is 0 Å². The fourth-order valence-corrected chi connectivity index (χ4v) is 3.15. The number of nitrogens with one attached hydrogen (secondary N) is 1. The lowest BCUT2D eigenvalue weighted by molar-refractivity contribution is 0.0694. The molecule has 1 aliphatic carbocycles. The van der Waals surface area contributed by atoms with Crippen LogP contribution in [0.2, 0.25) is 0 Å². The van der Waals surface area contributed by atoms with Crippen LogP contribution in [0.4, 0.5) is 5.69 Å². The summed E-state index contributed by atoms with van der Waals surface area (Å²) in [6.45, 7) is 4.16. The molecule has 2 rings (SSSR count). The second-order valence-corrected chi connectivity index (χ2v) is 6.45. The summed E-state index contributed by atoms with van der Waals surface area (Å²) in [6, 6.07) is 6.00. The molecular formula is C15H21NO2S. The Morgan fingerprint density at radius 3 is 2.84 bits per heavy atom. The van der Waals surface area contributed by atoms with Crippen LogP contribution in [0.1, 0.15) is 43.5 Å². The van der Waals surface area contributed by atoms with Crippen molar-refractivity contribution in [2.24, 2.45) is 5.92 Å². The SMILES string of the molecule is CCSc1cccc(NC(C)CC2CC2)c1C(=O)O. The van der Waals surface area contributed by atoms with Crippen LogP contribution in [0.15, 0.2) is 23.1 Å². The van der Waals surface area contributed by atoms with E-state index in [9.17, 15) is 9.90 Å². The first kappa shape index (κ1) is 14.3. The third-order valence-corrected chi connectivity index (χ3v) is 4.27. The van der Waals surface area contributed by atoms with Crippen LogP contribution in [-0.2, 0) is 0 Å². The van der Waals surface area contributed by atoms with Gasteiger partial charge < -0.3 is 10.4 Å². The number of rotatable bonds is 7. The van der Waals surface area contributed by atoms with Crippen LogP contribution in [0.3, 0.4) is 0 Å². The number of anilines is 1. The molecule has 2 N–H and O–H groups in total. The van der Waals surface area contributed by atoms with Crippen LogP contribution in [0.5, 0.6) is 0 Å². The minimum Gasteiger partial charge on any atom is -0.478 e. The molecular weight excluding hydrogens is 258 g/mol. The van der Waals surface area contributed by atoms with Gasteiger partial charge in [0.2, 0.25) is 0 Å². The monoisotopic (exact) mass is 279 g/mol. The molecule has 3 nitrogen and oxygen atoms in total. The molecule has 0 bridgehead atoms. The smallest absolute Gasteiger partial charge is 0.338 e. The third-order valence-electron chi connectivity index (χ3n) is 3.33. The summed E-state index contributed by atoms with van der Waals surface area (Å²) in [4.78, 5) is 12.3. The maximum atomic E-state index is 11.5. The summed E-state index contributed by atoms with van der Waals surface area (Å²) in [5, 5.41) is 12.8. The predicted molar refractivity (Wildman–Crippen MR) is 80.2 cm³/mol. The molecule has 0 aliphatic heterocycles. The molecule has 0 heterocycles. The summed E-state index contributed by atoms with van der Waals surface area (Å²) >= 11 is 1.58. The van der Waals surface area contributed by atoms with Crippen molar-refractivity contribution in [1.82, 2.24) is 0 Å². The van der Waals surface area contributed by atoms with E-state index < -0.39 is 5.97 Å². The van der Waals surface area contributed by atoms with Crippen molar-refractivity contribution >= 4 is 23.4 Å². The first-order valence-electron chi connectivity index (χ1n) is 6.87. The van der Waals surface area contributed by atoms with E-state index in [1.54, 1.807) is 11.8 Å². The number of carboxylic acids is 1. The lowest BCUT2D eigenvalue weighted by Gasteiger charge is -2.18. The van der Waals surface area contributed by atoms with Gasteiger partial charge in [-0.2, -0.15) is 0 Å². The van der Waals surface area contributed by atoms with Gasteiger partial charge in [0, 0.05) is 10.9 Å². The topological polar surface area (TPSA) is 49.3 Å². The van der Waals surface area contributed by atoms with Gasteiger partial charge in [0.25, 0.3) is 0 Å². The largest absolute Gasteiger partial charge is 0.478 e. The summed E-state index contributed by atoms with van der Waals surface area (Å²) in [5.74, 6) is 0.864. The Morgan fingerprint density at radius 1 is 1.53 bits per heavy atom. The van der Waals surface area contributed by atoms with Gasteiger partial charge in [-0.1, -0.05) is 25.8 Å². The fourth-order valence-electron chi connectivity index (χ4n) is 2.33. The Morgan fingerprint density at radius 2 is 2.26 bits per heavy atom. The van der Waals surface area contributed by atoms with Crippen molar-refractivity contribution in [2.75, 3.05) is 11.1 Å². The standard InChI is InChI=1S/C15H21NO2S/c1-3-19-13-6-4-5-12(14(13)15(17)18)16-10(2)9-11-7-8-11/h4-6,10-11,16H,3,7-9H2,1-2H3,(H,17,18). The molecule has 1 unspecified atom stereocenters. The molecule has 0 spiro atoms. The zero-order valence-corrected chi connectivity index (χ0v) is 12.3. The highest BCUT2D eigenvalue weighted by Gasteiger charge is 2.24. The summed E-state index contributed by atoms with van der Waals surface area (Å²) < 4.78 is 0. The summed E-state index contributed by atoms with van der Waals surface area (Å²) in [5.41, 5.74) is 1.16. The van der Waals surface area contributed by atoms with Crippen molar-refractivity contribution in [1.29, 1.82) is 0 Å². The van der Waals surface area contributed by atoms with Crippen molar-refractivity contribution in [3.05, 3.63) is 23.8 Å². The Kier molecular flexibility index (Phi) is 4.75. The normalized spacial score (nSPS) is 16.1. The van der Waals surface area contributed by atoms with Gasteiger partial charge in [0.15, 0.2) is 0 Å². The van der Waals surface area contributed by atoms with Gasteiger partial charge in [0.05, 0.1) is 11.3 Å². The Bertz CT molecular complexity index is 457. The zero-order valence-electron chi connectivity index (χ0n) is 11.5. The predicted octanol–water partition coefficient (Wildman–Crippen LogP) is 4.10. The molecule has 0 amide bonds. The van der Waals surface area contributed by atoms with E-state index in [1.807, 2.05) is 25.1 Å². The number of thioether (sulfide) groups is 1. The summed E-state index contributed by atoms with van der Waals surface area (Å²) in [7, 11) is 0. The van der Waals surface area contributed by atoms with E-state index in [0.717, 1.165) is 28.7 Å². The van der Waals surface area contributed by atoms with E-state index in [1.165, 1.54) is 12.8 Å². The molecule has 19 heavy (non-hydrogen) atoms. The molecule has 0 aromatic heterocycles. The van der Waals surface area contributed by atoms with Gasteiger partial charge >= 0.3 is 5.97 Å². The molecule has 0 saturated heterocycles. The van der Waals surface area contributed by atoms with Crippen LogP contribution in [-0.4, -0.2) is 22.9 Å². The second-order valence-electron chi connectivity index (χ2n) is 5.14. The Labute approximate surface area is 118 Å². The lowest BCUT2D eigenvalue weighted by Crippen LogP contribution is -2.18. The highest BCUT2D eigenvalue weighted by atomic mass is 32.2. The highest BCUT2D eigenvalue weighted by molar-refractivity contribution is 7.99. The second kappa shape index (κ2) is 6.33. The van der Waals surface area contributed by atoms with Crippen LogP contribution < -0.4 is 5.32 Å². The lowest BCUT2D eigenvalue weighted by atomic mass is 10.1. The number of carbonyl (C=O) groups is 1.